The van der Waals surface area contributed by atoms with Crippen LogP contribution in [0.4, 0.5) is 0 Å². The zero-order valence-corrected chi connectivity index (χ0v) is 11.5. The van der Waals surface area contributed by atoms with Gasteiger partial charge in [-0.05, 0) is 25.3 Å². The number of fused-ring (bicyclic) bond motifs is 1. The molecule has 0 aromatic carbocycles. The Labute approximate surface area is 113 Å². The number of nitrogens with one attached hydrogen (secondary N) is 1. The first-order valence-electron chi connectivity index (χ1n) is 6.95. The van der Waals surface area contributed by atoms with E-state index < -0.39 is 0 Å². The van der Waals surface area contributed by atoms with Gasteiger partial charge in [0.25, 0.3) is 0 Å². The summed E-state index contributed by atoms with van der Waals surface area (Å²) in [6, 6.07) is 1.89. The van der Waals surface area contributed by atoms with Crippen molar-refractivity contribution in [2.45, 2.75) is 38.7 Å². The normalized spacial score (nSPS) is 20.1. The molecule has 2 aromatic heterocycles. The molecule has 2 aromatic rings. The van der Waals surface area contributed by atoms with Crippen molar-refractivity contribution in [2.24, 2.45) is 0 Å². The van der Waals surface area contributed by atoms with Crippen molar-refractivity contribution in [3.63, 3.8) is 0 Å². The lowest BCUT2D eigenvalue weighted by Crippen LogP contribution is -2.37. The standard InChI is InChI=1S/C14H20N4O/c1-10(2)12-9-16-18-7-5-13(17-14(12)18)19-11-4-3-6-15-8-11/h5,7,9-11,15H,3-4,6,8H2,1-2H3. The van der Waals surface area contributed by atoms with Crippen molar-refractivity contribution in [3.8, 4) is 5.88 Å². The van der Waals surface area contributed by atoms with E-state index in [4.69, 9.17) is 4.74 Å². The topological polar surface area (TPSA) is 51.5 Å². The van der Waals surface area contributed by atoms with E-state index >= 15 is 0 Å². The molecule has 0 saturated carbocycles. The quantitative estimate of drug-likeness (QED) is 0.917. The third-order valence-electron chi connectivity index (χ3n) is 3.53. The van der Waals surface area contributed by atoms with Crippen LogP contribution in [0.25, 0.3) is 5.65 Å². The first-order chi connectivity index (χ1) is 9.24. The molecule has 1 fully saturated rings. The number of ether oxygens (including phenoxy) is 1. The summed E-state index contributed by atoms with van der Waals surface area (Å²) in [5.74, 6) is 1.11. The molecule has 3 heterocycles. The van der Waals surface area contributed by atoms with Gasteiger partial charge in [-0.2, -0.15) is 10.1 Å². The number of aromatic nitrogens is 3. The molecule has 1 saturated heterocycles. The van der Waals surface area contributed by atoms with Crippen LogP contribution in [0.2, 0.25) is 0 Å². The minimum atomic E-state index is 0.231. The van der Waals surface area contributed by atoms with E-state index in [1.165, 1.54) is 0 Å². The van der Waals surface area contributed by atoms with E-state index in [9.17, 15) is 0 Å². The molecular weight excluding hydrogens is 240 g/mol. The van der Waals surface area contributed by atoms with Crippen molar-refractivity contribution in [2.75, 3.05) is 13.1 Å². The largest absolute Gasteiger partial charge is 0.473 e. The number of hydrogen-bond acceptors (Lipinski definition) is 4. The van der Waals surface area contributed by atoms with E-state index in [2.05, 4.69) is 29.2 Å². The van der Waals surface area contributed by atoms with Gasteiger partial charge in [-0.25, -0.2) is 4.52 Å². The molecule has 0 bridgehead atoms. The van der Waals surface area contributed by atoms with Crippen LogP contribution >= 0.6 is 0 Å². The number of piperidine rings is 1. The van der Waals surface area contributed by atoms with Gasteiger partial charge in [-0.3, -0.25) is 0 Å². The highest BCUT2D eigenvalue weighted by Crippen LogP contribution is 2.21. The lowest BCUT2D eigenvalue weighted by molar-refractivity contribution is 0.160. The predicted octanol–water partition coefficient (Wildman–Crippen LogP) is 1.98. The van der Waals surface area contributed by atoms with Crippen molar-refractivity contribution in [1.82, 2.24) is 19.9 Å². The Bertz CT molecular complexity index is 558. The number of nitrogens with zero attached hydrogens (tertiary/aromatic N) is 3. The maximum absolute atomic E-state index is 5.95. The average Bonchev–Trinajstić information content (AvgIpc) is 2.83. The summed E-state index contributed by atoms with van der Waals surface area (Å²) in [6.45, 7) is 6.30. The molecule has 102 valence electrons. The second-order valence-corrected chi connectivity index (χ2v) is 5.37. The Morgan fingerprint density at radius 2 is 2.37 bits per heavy atom. The van der Waals surface area contributed by atoms with E-state index in [1.807, 2.05) is 18.5 Å². The van der Waals surface area contributed by atoms with Gasteiger partial charge in [0, 0.05) is 24.4 Å². The first kappa shape index (κ1) is 12.4. The molecule has 1 atom stereocenters. The molecule has 0 spiro atoms. The molecule has 5 nitrogen and oxygen atoms in total. The zero-order chi connectivity index (χ0) is 13.2. The fourth-order valence-electron chi connectivity index (χ4n) is 2.43. The van der Waals surface area contributed by atoms with Crippen molar-refractivity contribution < 1.29 is 4.74 Å². The second-order valence-electron chi connectivity index (χ2n) is 5.37. The van der Waals surface area contributed by atoms with Crippen molar-refractivity contribution in [1.29, 1.82) is 0 Å². The van der Waals surface area contributed by atoms with Gasteiger partial charge in [0.2, 0.25) is 5.88 Å². The van der Waals surface area contributed by atoms with Gasteiger partial charge < -0.3 is 10.1 Å². The van der Waals surface area contributed by atoms with Gasteiger partial charge in [0.05, 0.1) is 6.20 Å². The van der Waals surface area contributed by atoms with Crippen LogP contribution in [0, 0.1) is 0 Å². The molecule has 0 amide bonds. The fraction of sp³-hybridized carbons (Fsp3) is 0.571. The van der Waals surface area contributed by atoms with E-state index in [0.29, 0.717) is 11.8 Å². The fourth-order valence-corrected chi connectivity index (χ4v) is 2.43. The summed E-state index contributed by atoms with van der Waals surface area (Å²) in [6.07, 6.45) is 6.29. The monoisotopic (exact) mass is 260 g/mol. The predicted molar refractivity (Wildman–Crippen MR) is 73.6 cm³/mol. The van der Waals surface area contributed by atoms with Crippen LogP contribution in [-0.2, 0) is 0 Å². The minimum absolute atomic E-state index is 0.231. The Hall–Kier alpha value is -1.62. The third-order valence-corrected chi connectivity index (χ3v) is 3.53. The summed E-state index contributed by atoms with van der Waals surface area (Å²) < 4.78 is 7.76. The first-order valence-corrected chi connectivity index (χ1v) is 6.95. The molecule has 1 aliphatic heterocycles. The number of hydrogen-bond donors (Lipinski definition) is 1. The summed E-state index contributed by atoms with van der Waals surface area (Å²) in [7, 11) is 0. The van der Waals surface area contributed by atoms with E-state index in [1.54, 1.807) is 4.52 Å². The lowest BCUT2D eigenvalue weighted by atomic mass is 10.1. The van der Waals surface area contributed by atoms with Crippen LogP contribution in [0.3, 0.4) is 0 Å². The minimum Gasteiger partial charge on any atom is -0.473 e. The highest BCUT2D eigenvalue weighted by atomic mass is 16.5. The van der Waals surface area contributed by atoms with Crippen LogP contribution in [0.5, 0.6) is 5.88 Å². The Balaban J connectivity index is 1.85. The molecular formula is C14H20N4O. The SMILES string of the molecule is CC(C)c1cnn2ccc(OC3CCCNC3)nc12. The molecule has 19 heavy (non-hydrogen) atoms. The summed E-state index contributed by atoms with van der Waals surface area (Å²) >= 11 is 0. The maximum Gasteiger partial charge on any atom is 0.217 e. The molecule has 1 N–H and O–H groups in total. The summed E-state index contributed by atoms with van der Waals surface area (Å²) in [5.41, 5.74) is 2.06. The Kier molecular flexibility index (Phi) is 3.38. The van der Waals surface area contributed by atoms with Gasteiger partial charge in [-0.15, -0.1) is 0 Å². The van der Waals surface area contributed by atoms with Crippen molar-refractivity contribution >= 4 is 5.65 Å². The van der Waals surface area contributed by atoms with E-state index in [0.717, 1.165) is 37.1 Å². The molecule has 1 unspecified atom stereocenters. The molecule has 3 rings (SSSR count). The molecule has 0 radical (unpaired) electrons. The summed E-state index contributed by atoms with van der Waals surface area (Å²) in [5, 5.41) is 7.66. The second kappa shape index (κ2) is 5.17. The lowest BCUT2D eigenvalue weighted by Gasteiger charge is -2.23. The average molecular weight is 260 g/mol. The van der Waals surface area contributed by atoms with E-state index in [-0.39, 0.29) is 6.10 Å². The maximum atomic E-state index is 5.95. The zero-order valence-electron chi connectivity index (χ0n) is 11.5. The molecule has 5 heteroatoms. The Morgan fingerprint density at radius 1 is 1.47 bits per heavy atom. The third kappa shape index (κ3) is 2.56. The van der Waals surface area contributed by atoms with Crippen molar-refractivity contribution in [3.05, 3.63) is 24.0 Å². The Morgan fingerprint density at radius 3 is 3.11 bits per heavy atom. The molecule has 1 aliphatic rings. The smallest absolute Gasteiger partial charge is 0.217 e. The van der Waals surface area contributed by atoms with Gasteiger partial charge in [0.1, 0.15) is 6.10 Å². The van der Waals surface area contributed by atoms with Crippen LogP contribution in [0.1, 0.15) is 38.2 Å². The summed E-state index contributed by atoms with van der Waals surface area (Å²) in [4.78, 5) is 4.60. The van der Waals surface area contributed by atoms with Crippen LogP contribution in [0.15, 0.2) is 18.5 Å². The highest BCUT2D eigenvalue weighted by molar-refractivity contribution is 5.49. The highest BCUT2D eigenvalue weighted by Gasteiger charge is 2.16. The molecule has 0 aliphatic carbocycles. The van der Waals surface area contributed by atoms with Crippen LogP contribution in [-0.4, -0.2) is 33.8 Å². The van der Waals surface area contributed by atoms with Gasteiger partial charge in [0.15, 0.2) is 5.65 Å². The van der Waals surface area contributed by atoms with Gasteiger partial charge in [-0.1, -0.05) is 13.8 Å². The number of rotatable bonds is 3. The van der Waals surface area contributed by atoms with Crippen LogP contribution < -0.4 is 10.1 Å². The van der Waals surface area contributed by atoms with Gasteiger partial charge >= 0.3 is 0 Å².